The number of rotatable bonds is 5. The predicted octanol–water partition coefficient (Wildman–Crippen LogP) is 2.20. The molecule has 0 unspecified atom stereocenters. The number of alkyl halides is 2. The molecule has 0 amide bonds. The topological polar surface area (TPSA) is 51.2 Å². The Morgan fingerprint density at radius 1 is 1.24 bits per heavy atom. The van der Waals surface area contributed by atoms with Crippen molar-refractivity contribution in [3.05, 3.63) is 29.8 Å². The van der Waals surface area contributed by atoms with Crippen LogP contribution in [0.25, 0.3) is 0 Å². The first-order valence-electron chi connectivity index (χ1n) is 5.00. The summed E-state index contributed by atoms with van der Waals surface area (Å²) in [5.74, 6) is -3.42. The van der Waals surface area contributed by atoms with Gasteiger partial charge in [0.05, 0.1) is 4.90 Å². The van der Waals surface area contributed by atoms with Crippen LogP contribution in [-0.2, 0) is 21.1 Å². The second kappa shape index (κ2) is 5.35. The Morgan fingerprint density at radius 3 is 2.18 bits per heavy atom. The highest BCUT2D eigenvalue weighted by Crippen LogP contribution is 2.18. The molecule has 94 valence electrons. The molecule has 0 spiro atoms. The molecular weight excluding hydrogens is 250 g/mol. The molecule has 0 aliphatic carbocycles. The zero-order valence-corrected chi connectivity index (χ0v) is 10.0. The minimum Gasteiger partial charge on any atom is -0.299 e. The molecule has 0 aromatic heterocycles. The van der Waals surface area contributed by atoms with Crippen molar-refractivity contribution in [3.63, 3.8) is 0 Å². The van der Waals surface area contributed by atoms with Crippen LogP contribution < -0.4 is 0 Å². The molecule has 0 saturated carbocycles. The molecule has 0 aliphatic rings. The summed E-state index contributed by atoms with van der Waals surface area (Å²) in [5.41, 5.74) is 0.616. The molecule has 0 saturated heterocycles. The monoisotopic (exact) mass is 262 g/mol. The standard InChI is InChI=1S/C11H12F2O3S/c1-2-9(14)7-8-3-5-10(6-4-8)17(15,16)11(12)13/h3-6,11H,2,7H2,1H3. The van der Waals surface area contributed by atoms with Crippen LogP contribution in [0.3, 0.4) is 0 Å². The van der Waals surface area contributed by atoms with Crippen molar-refractivity contribution < 1.29 is 22.0 Å². The highest BCUT2D eigenvalue weighted by molar-refractivity contribution is 7.91. The Kier molecular flexibility index (Phi) is 4.34. The first kappa shape index (κ1) is 13.8. The maximum Gasteiger partial charge on any atom is 0.341 e. The summed E-state index contributed by atoms with van der Waals surface area (Å²) in [6.07, 6.45) is 0.572. The van der Waals surface area contributed by atoms with Crippen molar-refractivity contribution in [2.24, 2.45) is 0 Å². The van der Waals surface area contributed by atoms with Crippen LogP contribution in [0.1, 0.15) is 18.9 Å². The zero-order valence-electron chi connectivity index (χ0n) is 9.19. The number of hydrogen-bond donors (Lipinski definition) is 0. The van der Waals surface area contributed by atoms with E-state index in [-0.39, 0.29) is 12.2 Å². The van der Waals surface area contributed by atoms with Gasteiger partial charge in [-0.25, -0.2) is 8.42 Å². The molecule has 0 atom stereocenters. The van der Waals surface area contributed by atoms with Gasteiger partial charge < -0.3 is 0 Å². The van der Waals surface area contributed by atoms with Crippen LogP contribution in [0.2, 0.25) is 0 Å². The molecule has 0 radical (unpaired) electrons. The number of halogens is 2. The van der Waals surface area contributed by atoms with Gasteiger partial charge in [0.2, 0.25) is 9.84 Å². The van der Waals surface area contributed by atoms with Gasteiger partial charge >= 0.3 is 5.76 Å². The van der Waals surface area contributed by atoms with E-state index < -0.39 is 20.5 Å². The molecule has 0 N–H and O–H groups in total. The molecule has 6 heteroatoms. The van der Waals surface area contributed by atoms with E-state index >= 15 is 0 Å². The van der Waals surface area contributed by atoms with E-state index in [0.29, 0.717) is 12.0 Å². The molecule has 0 fully saturated rings. The number of carbonyl (C=O) groups is 1. The van der Waals surface area contributed by atoms with Gasteiger partial charge in [-0.05, 0) is 17.7 Å². The van der Waals surface area contributed by atoms with Crippen molar-refractivity contribution >= 4 is 15.6 Å². The van der Waals surface area contributed by atoms with Gasteiger partial charge in [-0.15, -0.1) is 0 Å². The summed E-state index contributed by atoms with van der Waals surface area (Å²) in [7, 11) is -4.55. The van der Waals surface area contributed by atoms with Crippen molar-refractivity contribution in [2.75, 3.05) is 0 Å². The molecule has 1 aromatic carbocycles. The van der Waals surface area contributed by atoms with Gasteiger partial charge in [0.1, 0.15) is 5.78 Å². The third-order valence-corrected chi connectivity index (χ3v) is 3.68. The fraction of sp³-hybridized carbons (Fsp3) is 0.364. The maximum absolute atomic E-state index is 12.2. The van der Waals surface area contributed by atoms with E-state index in [1.54, 1.807) is 6.92 Å². The average Bonchev–Trinajstić information content (AvgIpc) is 2.29. The van der Waals surface area contributed by atoms with Crippen LogP contribution in [0.4, 0.5) is 8.78 Å². The van der Waals surface area contributed by atoms with E-state index in [1.807, 2.05) is 0 Å². The Balaban J connectivity index is 2.93. The highest BCUT2D eigenvalue weighted by atomic mass is 32.2. The predicted molar refractivity (Wildman–Crippen MR) is 58.6 cm³/mol. The highest BCUT2D eigenvalue weighted by Gasteiger charge is 2.26. The van der Waals surface area contributed by atoms with E-state index in [1.165, 1.54) is 12.1 Å². The number of ketones is 1. The summed E-state index contributed by atoms with van der Waals surface area (Å²) < 4.78 is 46.7. The van der Waals surface area contributed by atoms with Crippen LogP contribution in [-0.4, -0.2) is 20.0 Å². The Morgan fingerprint density at radius 2 is 1.76 bits per heavy atom. The van der Waals surface area contributed by atoms with Crippen molar-refractivity contribution in [2.45, 2.75) is 30.4 Å². The largest absolute Gasteiger partial charge is 0.341 e. The Hall–Kier alpha value is -1.30. The third-order valence-electron chi connectivity index (χ3n) is 2.28. The Bertz CT molecular complexity index is 492. The number of benzene rings is 1. The number of sulfone groups is 1. The lowest BCUT2D eigenvalue weighted by Crippen LogP contribution is -2.11. The van der Waals surface area contributed by atoms with Gasteiger partial charge in [0, 0.05) is 12.8 Å². The fourth-order valence-corrected chi connectivity index (χ4v) is 1.97. The molecule has 3 nitrogen and oxygen atoms in total. The molecule has 1 rings (SSSR count). The number of carbonyl (C=O) groups excluding carboxylic acids is 1. The Labute approximate surface area is 98.4 Å². The van der Waals surface area contributed by atoms with Crippen LogP contribution in [0.5, 0.6) is 0 Å². The van der Waals surface area contributed by atoms with E-state index in [4.69, 9.17) is 0 Å². The van der Waals surface area contributed by atoms with Crippen molar-refractivity contribution in [1.82, 2.24) is 0 Å². The molecule has 0 heterocycles. The summed E-state index contributed by atoms with van der Waals surface area (Å²) in [4.78, 5) is 10.7. The van der Waals surface area contributed by atoms with Gasteiger partial charge in [0.15, 0.2) is 0 Å². The zero-order chi connectivity index (χ0) is 13.1. The lowest BCUT2D eigenvalue weighted by molar-refractivity contribution is -0.118. The summed E-state index contributed by atoms with van der Waals surface area (Å²) in [6.45, 7) is 1.72. The van der Waals surface area contributed by atoms with E-state index in [9.17, 15) is 22.0 Å². The number of Topliss-reactive ketones (excluding diaryl/α,β-unsaturated/α-hetero) is 1. The molecule has 0 bridgehead atoms. The lowest BCUT2D eigenvalue weighted by atomic mass is 10.1. The molecular formula is C11H12F2O3S. The van der Waals surface area contributed by atoms with E-state index in [2.05, 4.69) is 0 Å². The van der Waals surface area contributed by atoms with Gasteiger partial charge in [0.25, 0.3) is 0 Å². The first-order valence-corrected chi connectivity index (χ1v) is 6.55. The summed E-state index contributed by atoms with van der Waals surface area (Å²) in [6, 6.07) is 4.95. The van der Waals surface area contributed by atoms with Gasteiger partial charge in [-0.3, -0.25) is 4.79 Å². The second-order valence-electron chi connectivity index (χ2n) is 3.52. The molecule has 1 aromatic rings. The summed E-state index contributed by atoms with van der Waals surface area (Å²) in [5, 5.41) is 0. The lowest BCUT2D eigenvalue weighted by Gasteiger charge is -2.04. The number of hydrogen-bond acceptors (Lipinski definition) is 3. The van der Waals surface area contributed by atoms with Crippen LogP contribution in [0.15, 0.2) is 29.2 Å². The normalized spacial score (nSPS) is 11.8. The third kappa shape index (κ3) is 3.33. The van der Waals surface area contributed by atoms with Crippen LogP contribution >= 0.6 is 0 Å². The van der Waals surface area contributed by atoms with Gasteiger partial charge in [-0.2, -0.15) is 8.78 Å². The summed E-state index contributed by atoms with van der Waals surface area (Å²) >= 11 is 0. The van der Waals surface area contributed by atoms with Crippen molar-refractivity contribution in [3.8, 4) is 0 Å². The fourth-order valence-electron chi connectivity index (χ4n) is 1.25. The minimum absolute atomic E-state index is 0.00877. The molecule has 17 heavy (non-hydrogen) atoms. The average molecular weight is 262 g/mol. The minimum atomic E-state index is -4.55. The second-order valence-corrected chi connectivity index (χ2v) is 5.44. The van der Waals surface area contributed by atoms with Crippen LogP contribution in [0, 0.1) is 0 Å². The van der Waals surface area contributed by atoms with Crippen molar-refractivity contribution in [1.29, 1.82) is 0 Å². The van der Waals surface area contributed by atoms with Gasteiger partial charge in [-0.1, -0.05) is 19.1 Å². The quantitative estimate of drug-likeness (QED) is 0.817. The van der Waals surface area contributed by atoms with E-state index in [0.717, 1.165) is 12.1 Å². The molecule has 0 aliphatic heterocycles. The maximum atomic E-state index is 12.2. The smallest absolute Gasteiger partial charge is 0.299 e. The first-order chi connectivity index (χ1) is 7.87. The SMILES string of the molecule is CCC(=O)Cc1ccc(S(=O)(=O)C(F)F)cc1.